The van der Waals surface area contributed by atoms with E-state index in [9.17, 15) is 5.11 Å². The van der Waals surface area contributed by atoms with Gasteiger partial charge in [-0.1, -0.05) is 53.2 Å². The first-order chi connectivity index (χ1) is 9.79. The van der Waals surface area contributed by atoms with Gasteiger partial charge in [-0.2, -0.15) is 0 Å². The minimum absolute atomic E-state index is 0.162. The Bertz CT molecular complexity index is 725. The van der Waals surface area contributed by atoms with Crippen molar-refractivity contribution in [2.75, 3.05) is 0 Å². The van der Waals surface area contributed by atoms with Crippen molar-refractivity contribution >= 4 is 11.6 Å². The largest absolute Gasteiger partial charge is 0.390 e. The van der Waals surface area contributed by atoms with Gasteiger partial charge in [0.05, 0.1) is 12.3 Å². The van der Waals surface area contributed by atoms with Crippen LogP contribution >= 0.6 is 11.6 Å². The van der Waals surface area contributed by atoms with Crippen LogP contribution in [0, 0.1) is 0 Å². The molecule has 2 aromatic carbocycles. The molecule has 1 N–H and O–H groups in total. The lowest BCUT2D eigenvalue weighted by atomic mass is 10.1. The molecule has 0 saturated heterocycles. The molecular weight excluding hydrogens is 274 g/mol. The van der Waals surface area contributed by atoms with Crippen molar-refractivity contribution in [3.05, 3.63) is 65.3 Å². The normalized spacial score (nSPS) is 10.7. The van der Waals surface area contributed by atoms with E-state index in [-0.39, 0.29) is 6.61 Å². The second-order valence-corrected chi connectivity index (χ2v) is 4.74. The van der Waals surface area contributed by atoms with E-state index in [4.69, 9.17) is 11.6 Å². The van der Waals surface area contributed by atoms with E-state index < -0.39 is 0 Å². The quantitative estimate of drug-likeness (QED) is 0.804. The summed E-state index contributed by atoms with van der Waals surface area (Å²) in [5.41, 5.74) is 3.07. The smallest absolute Gasteiger partial charge is 0.117 e. The highest BCUT2D eigenvalue weighted by molar-refractivity contribution is 6.30. The second kappa shape index (κ2) is 5.45. The Balaban J connectivity index is 2.20. The zero-order chi connectivity index (χ0) is 13.9. The number of aromatic nitrogens is 3. The molecule has 1 heterocycles. The number of nitrogens with zero attached hydrogens (tertiary/aromatic N) is 3. The fraction of sp³-hybridized carbons (Fsp3) is 0.0667. The first-order valence-electron chi connectivity index (χ1n) is 6.16. The van der Waals surface area contributed by atoms with Gasteiger partial charge in [0.1, 0.15) is 11.4 Å². The highest BCUT2D eigenvalue weighted by atomic mass is 35.5. The Labute approximate surface area is 121 Å². The lowest BCUT2D eigenvalue weighted by molar-refractivity contribution is 0.277. The number of halogens is 1. The van der Waals surface area contributed by atoms with Crippen LogP contribution in [0.1, 0.15) is 5.69 Å². The summed E-state index contributed by atoms with van der Waals surface area (Å²) in [6.07, 6.45) is 0. The predicted molar refractivity (Wildman–Crippen MR) is 77.7 cm³/mol. The Hall–Kier alpha value is -2.17. The van der Waals surface area contributed by atoms with Crippen LogP contribution in [-0.2, 0) is 6.61 Å². The van der Waals surface area contributed by atoms with Crippen LogP contribution in [-0.4, -0.2) is 20.1 Å². The van der Waals surface area contributed by atoms with Crippen LogP contribution in [0.4, 0.5) is 0 Å². The van der Waals surface area contributed by atoms with E-state index >= 15 is 0 Å². The zero-order valence-electron chi connectivity index (χ0n) is 10.6. The van der Waals surface area contributed by atoms with Crippen LogP contribution in [0.5, 0.6) is 0 Å². The Morgan fingerprint density at radius 2 is 1.85 bits per heavy atom. The van der Waals surface area contributed by atoms with Gasteiger partial charge in [-0.25, -0.2) is 4.68 Å². The first-order valence-corrected chi connectivity index (χ1v) is 6.54. The predicted octanol–water partition coefficient (Wildman–Crippen LogP) is 3.08. The molecule has 0 fully saturated rings. The molecule has 1 aromatic heterocycles. The third-order valence-electron chi connectivity index (χ3n) is 2.99. The minimum atomic E-state index is -0.162. The first kappa shape index (κ1) is 12.8. The molecule has 0 aliphatic rings. The number of aliphatic hydroxyl groups excluding tert-OH is 1. The van der Waals surface area contributed by atoms with Gasteiger partial charge in [-0.3, -0.25) is 0 Å². The molecule has 0 aliphatic carbocycles. The molecule has 0 bridgehead atoms. The standard InChI is InChI=1S/C15H12ClN3O/c16-12-7-4-8-13(9-12)19-15(14(10-20)17-18-19)11-5-2-1-3-6-11/h1-9,20H,10H2. The molecule has 0 radical (unpaired) electrons. The number of rotatable bonds is 3. The van der Waals surface area contributed by atoms with E-state index in [2.05, 4.69) is 10.3 Å². The summed E-state index contributed by atoms with van der Waals surface area (Å²) < 4.78 is 1.69. The van der Waals surface area contributed by atoms with Gasteiger partial charge in [0, 0.05) is 10.6 Å². The van der Waals surface area contributed by atoms with E-state index in [0.29, 0.717) is 10.7 Å². The molecule has 0 saturated carbocycles. The van der Waals surface area contributed by atoms with Crippen LogP contribution in [0.25, 0.3) is 16.9 Å². The zero-order valence-corrected chi connectivity index (χ0v) is 11.3. The van der Waals surface area contributed by atoms with E-state index in [1.165, 1.54) is 0 Å². The molecule has 5 heteroatoms. The van der Waals surface area contributed by atoms with Crippen molar-refractivity contribution in [1.29, 1.82) is 0 Å². The van der Waals surface area contributed by atoms with E-state index in [1.807, 2.05) is 48.5 Å². The molecular formula is C15H12ClN3O. The second-order valence-electron chi connectivity index (χ2n) is 4.30. The highest BCUT2D eigenvalue weighted by Gasteiger charge is 2.15. The van der Waals surface area contributed by atoms with Crippen LogP contribution < -0.4 is 0 Å². The lowest BCUT2D eigenvalue weighted by Crippen LogP contribution is -2.00. The average molecular weight is 286 g/mol. The highest BCUT2D eigenvalue weighted by Crippen LogP contribution is 2.26. The van der Waals surface area contributed by atoms with E-state index in [1.54, 1.807) is 10.7 Å². The van der Waals surface area contributed by atoms with Gasteiger partial charge in [-0.05, 0) is 18.2 Å². The molecule has 0 atom stereocenters. The summed E-state index contributed by atoms with van der Waals surface area (Å²) in [7, 11) is 0. The maximum absolute atomic E-state index is 9.45. The van der Waals surface area contributed by atoms with Crippen molar-refractivity contribution in [3.8, 4) is 16.9 Å². The van der Waals surface area contributed by atoms with Crippen molar-refractivity contribution in [1.82, 2.24) is 15.0 Å². The monoisotopic (exact) mass is 285 g/mol. The lowest BCUT2D eigenvalue weighted by Gasteiger charge is -2.08. The molecule has 0 unspecified atom stereocenters. The summed E-state index contributed by atoms with van der Waals surface area (Å²) in [5, 5.41) is 18.2. The maximum Gasteiger partial charge on any atom is 0.117 e. The fourth-order valence-electron chi connectivity index (χ4n) is 2.09. The molecule has 0 amide bonds. The molecule has 4 nitrogen and oxygen atoms in total. The van der Waals surface area contributed by atoms with Gasteiger partial charge < -0.3 is 5.11 Å². The van der Waals surface area contributed by atoms with Gasteiger partial charge in [0.15, 0.2) is 0 Å². The van der Waals surface area contributed by atoms with Crippen molar-refractivity contribution in [2.45, 2.75) is 6.61 Å². The summed E-state index contributed by atoms with van der Waals surface area (Å²) in [5.74, 6) is 0. The molecule has 0 spiro atoms. The third-order valence-corrected chi connectivity index (χ3v) is 3.22. The van der Waals surface area contributed by atoms with Gasteiger partial charge in [-0.15, -0.1) is 5.10 Å². The number of hydrogen-bond acceptors (Lipinski definition) is 3. The van der Waals surface area contributed by atoms with Crippen molar-refractivity contribution < 1.29 is 5.11 Å². The topological polar surface area (TPSA) is 50.9 Å². The average Bonchev–Trinajstić information content (AvgIpc) is 2.92. The van der Waals surface area contributed by atoms with Crippen LogP contribution in [0.3, 0.4) is 0 Å². The van der Waals surface area contributed by atoms with Gasteiger partial charge >= 0.3 is 0 Å². The number of benzene rings is 2. The number of hydrogen-bond donors (Lipinski definition) is 1. The summed E-state index contributed by atoms with van der Waals surface area (Å²) in [6, 6.07) is 17.1. The Morgan fingerprint density at radius 1 is 1.05 bits per heavy atom. The van der Waals surface area contributed by atoms with Gasteiger partial charge in [0.25, 0.3) is 0 Å². The summed E-state index contributed by atoms with van der Waals surface area (Å²) >= 11 is 6.02. The summed E-state index contributed by atoms with van der Waals surface area (Å²) in [6.45, 7) is -0.162. The minimum Gasteiger partial charge on any atom is -0.390 e. The SMILES string of the molecule is OCc1nnn(-c2cccc(Cl)c2)c1-c1ccccc1. The Kier molecular flexibility index (Phi) is 3.50. The van der Waals surface area contributed by atoms with E-state index in [0.717, 1.165) is 16.9 Å². The molecule has 100 valence electrons. The maximum atomic E-state index is 9.45. The molecule has 0 aliphatic heterocycles. The fourth-order valence-corrected chi connectivity index (χ4v) is 2.28. The van der Waals surface area contributed by atoms with Crippen LogP contribution in [0.15, 0.2) is 54.6 Å². The Morgan fingerprint density at radius 3 is 2.55 bits per heavy atom. The third kappa shape index (κ3) is 2.31. The van der Waals surface area contributed by atoms with Gasteiger partial charge in [0.2, 0.25) is 0 Å². The number of aliphatic hydroxyl groups is 1. The molecule has 20 heavy (non-hydrogen) atoms. The van der Waals surface area contributed by atoms with Crippen molar-refractivity contribution in [2.24, 2.45) is 0 Å². The summed E-state index contributed by atoms with van der Waals surface area (Å²) in [4.78, 5) is 0. The van der Waals surface area contributed by atoms with Crippen molar-refractivity contribution in [3.63, 3.8) is 0 Å². The van der Waals surface area contributed by atoms with Crippen LogP contribution in [0.2, 0.25) is 5.02 Å². The molecule has 3 aromatic rings. The molecule has 3 rings (SSSR count).